The van der Waals surface area contributed by atoms with Gasteiger partial charge in [0.1, 0.15) is 6.10 Å². The maximum atomic E-state index is 5.76. The van der Waals surface area contributed by atoms with Crippen molar-refractivity contribution < 1.29 is 4.74 Å². The lowest BCUT2D eigenvalue weighted by molar-refractivity contribution is -0.0191. The summed E-state index contributed by atoms with van der Waals surface area (Å²) in [5.41, 5.74) is 6.81. The van der Waals surface area contributed by atoms with Crippen molar-refractivity contribution in [1.29, 1.82) is 0 Å². The Morgan fingerprint density at radius 2 is 1.83 bits per heavy atom. The Kier molecular flexibility index (Phi) is 5.23. The second-order valence-corrected chi connectivity index (χ2v) is 5.83. The molecule has 0 spiro atoms. The maximum absolute atomic E-state index is 5.76. The molecule has 0 amide bonds. The van der Waals surface area contributed by atoms with Crippen molar-refractivity contribution in [2.75, 3.05) is 6.61 Å². The van der Waals surface area contributed by atoms with Gasteiger partial charge >= 0.3 is 0 Å². The van der Waals surface area contributed by atoms with E-state index in [1.165, 1.54) is 0 Å². The molecular formula is C14H25N3O. The molecule has 2 unspecified atom stereocenters. The van der Waals surface area contributed by atoms with Crippen molar-refractivity contribution in [3.63, 3.8) is 0 Å². The molecule has 0 aliphatic carbocycles. The first-order chi connectivity index (χ1) is 8.34. The molecule has 1 aromatic rings. The zero-order valence-electron chi connectivity index (χ0n) is 12.1. The van der Waals surface area contributed by atoms with Crippen molar-refractivity contribution in [1.82, 2.24) is 9.97 Å². The van der Waals surface area contributed by atoms with E-state index in [0.29, 0.717) is 6.61 Å². The molecule has 1 aromatic heterocycles. The summed E-state index contributed by atoms with van der Waals surface area (Å²) in [6.07, 6.45) is 4.42. The van der Waals surface area contributed by atoms with Gasteiger partial charge in [-0.3, -0.25) is 0 Å². The first kappa shape index (κ1) is 15.1. The van der Waals surface area contributed by atoms with Crippen LogP contribution in [0.5, 0.6) is 0 Å². The van der Waals surface area contributed by atoms with Crippen molar-refractivity contribution >= 4 is 0 Å². The molecule has 0 saturated carbocycles. The lowest BCUT2D eigenvalue weighted by Gasteiger charge is -2.29. The van der Waals surface area contributed by atoms with Gasteiger partial charge in [0, 0.05) is 25.0 Å². The molecule has 0 radical (unpaired) electrons. The Morgan fingerprint density at radius 3 is 2.22 bits per heavy atom. The summed E-state index contributed by atoms with van der Waals surface area (Å²) in [7, 11) is 0. The highest BCUT2D eigenvalue weighted by Gasteiger charge is 2.29. The topological polar surface area (TPSA) is 61.0 Å². The SMILES string of the molecule is CCOC(c1ncc(CC(C)N)cn1)C(C)(C)C. The van der Waals surface area contributed by atoms with E-state index in [2.05, 4.69) is 30.7 Å². The molecule has 102 valence electrons. The van der Waals surface area contributed by atoms with Crippen molar-refractivity contribution in [3.05, 3.63) is 23.8 Å². The van der Waals surface area contributed by atoms with Crippen LogP contribution in [0.3, 0.4) is 0 Å². The van der Waals surface area contributed by atoms with Crippen LogP contribution < -0.4 is 5.73 Å². The molecular weight excluding hydrogens is 226 g/mol. The van der Waals surface area contributed by atoms with Crippen LogP contribution >= 0.6 is 0 Å². The van der Waals surface area contributed by atoms with Gasteiger partial charge in [-0.05, 0) is 31.2 Å². The van der Waals surface area contributed by atoms with Crippen LogP contribution in [0.15, 0.2) is 12.4 Å². The quantitative estimate of drug-likeness (QED) is 0.873. The van der Waals surface area contributed by atoms with Gasteiger partial charge in [0.2, 0.25) is 0 Å². The lowest BCUT2D eigenvalue weighted by atomic mass is 9.88. The number of aromatic nitrogens is 2. The first-order valence-corrected chi connectivity index (χ1v) is 6.52. The smallest absolute Gasteiger partial charge is 0.157 e. The van der Waals surface area contributed by atoms with Crippen molar-refractivity contribution in [3.8, 4) is 0 Å². The van der Waals surface area contributed by atoms with Crippen LogP contribution in [0.25, 0.3) is 0 Å². The van der Waals surface area contributed by atoms with Crippen LogP contribution in [0, 0.1) is 5.41 Å². The Labute approximate surface area is 110 Å². The molecule has 2 atom stereocenters. The predicted octanol–water partition coefficient (Wildman–Crippen LogP) is 2.49. The average molecular weight is 251 g/mol. The fraction of sp³-hybridized carbons (Fsp3) is 0.714. The normalized spacial score (nSPS) is 15.4. The van der Waals surface area contributed by atoms with Gasteiger partial charge in [-0.2, -0.15) is 0 Å². The van der Waals surface area contributed by atoms with Gasteiger partial charge in [-0.25, -0.2) is 9.97 Å². The molecule has 0 bridgehead atoms. The van der Waals surface area contributed by atoms with Crippen LogP contribution in [0.4, 0.5) is 0 Å². The van der Waals surface area contributed by atoms with E-state index < -0.39 is 0 Å². The number of nitrogens with zero attached hydrogens (tertiary/aromatic N) is 2. The zero-order chi connectivity index (χ0) is 13.8. The van der Waals surface area contributed by atoms with Crippen LogP contribution in [0.1, 0.15) is 52.1 Å². The maximum Gasteiger partial charge on any atom is 0.157 e. The highest BCUT2D eigenvalue weighted by Crippen LogP contribution is 2.33. The largest absolute Gasteiger partial charge is 0.370 e. The van der Waals surface area contributed by atoms with Gasteiger partial charge in [0.25, 0.3) is 0 Å². The Morgan fingerprint density at radius 1 is 1.28 bits per heavy atom. The Balaban J connectivity index is 2.87. The van der Waals surface area contributed by atoms with E-state index in [9.17, 15) is 0 Å². The second-order valence-electron chi connectivity index (χ2n) is 5.83. The third kappa shape index (κ3) is 4.35. The van der Waals surface area contributed by atoms with Crippen molar-refractivity contribution in [2.45, 2.75) is 53.2 Å². The summed E-state index contributed by atoms with van der Waals surface area (Å²) in [6, 6.07) is 0.129. The van der Waals surface area contributed by atoms with Gasteiger partial charge in [0.15, 0.2) is 5.82 Å². The lowest BCUT2D eigenvalue weighted by Crippen LogP contribution is -2.24. The monoisotopic (exact) mass is 251 g/mol. The molecule has 1 rings (SSSR count). The molecule has 1 heterocycles. The fourth-order valence-corrected chi connectivity index (χ4v) is 1.86. The van der Waals surface area contributed by atoms with E-state index in [0.717, 1.165) is 17.8 Å². The third-order valence-corrected chi connectivity index (χ3v) is 2.64. The molecule has 18 heavy (non-hydrogen) atoms. The van der Waals surface area contributed by atoms with Gasteiger partial charge in [-0.1, -0.05) is 20.8 Å². The molecule has 2 N–H and O–H groups in total. The standard InChI is InChI=1S/C14H25N3O/c1-6-18-12(14(3,4)5)13-16-8-11(9-17-13)7-10(2)15/h8-10,12H,6-7,15H2,1-5H3. The third-order valence-electron chi connectivity index (χ3n) is 2.64. The van der Waals surface area contributed by atoms with Crippen LogP contribution in [-0.2, 0) is 11.2 Å². The van der Waals surface area contributed by atoms with Gasteiger partial charge in [0.05, 0.1) is 0 Å². The average Bonchev–Trinajstić information content (AvgIpc) is 2.25. The fourth-order valence-electron chi connectivity index (χ4n) is 1.86. The number of rotatable bonds is 5. The summed E-state index contributed by atoms with van der Waals surface area (Å²) >= 11 is 0. The number of hydrogen-bond acceptors (Lipinski definition) is 4. The molecule has 0 fully saturated rings. The molecule has 4 nitrogen and oxygen atoms in total. The summed E-state index contributed by atoms with van der Waals surface area (Å²) < 4.78 is 5.76. The molecule has 0 aromatic carbocycles. The highest BCUT2D eigenvalue weighted by atomic mass is 16.5. The van der Waals surface area contributed by atoms with Gasteiger partial charge < -0.3 is 10.5 Å². The van der Waals surface area contributed by atoms with E-state index in [1.807, 2.05) is 26.2 Å². The minimum absolute atomic E-state index is 0.0152. The number of ether oxygens (including phenoxy) is 1. The van der Waals surface area contributed by atoms with E-state index in [4.69, 9.17) is 10.5 Å². The predicted molar refractivity (Wildman–Crippen MR) is 73.2 cm³/mol. The minimum atomic E-state index is -0.0770. The molecule has 0 aliphatic rings. The summed E-state index contributed by atoms with van der Waals surface area (Å²) in [5, 5.41) is 0. The number of hydrogen-bond donors (Lipinski definition) is 1. The highest BCUT2D eigenvalue weighted by molar-refractivity contribution is 5.09. The molecule has 4 heteroatoms. The van der Waals surface area contributed by atoms with Crippen LogP contribution in [0.2, 0.25) is 0 Å². The zero-order valence-corrected chi connectivity index (χ0v) is 12.1. The summed E-state index contributed by atoms with van der Waals surface area (Å²) in [4.78, 5) is 8.85. The number of nitrogens with two attached hydrogens (primary N) is 1. The molecule has 0 saturated heterocycles. The van der Waals surface area contributed by atoms with E-state index in [1.54, 1.807) is 0 Å². The summed E-state index contributed by atoms with van der Waals surface area (Å²) in [5.74, 6) is 0.748. The Bertz CT molecular complexity index is 354. The summed E-state index contributed by atoms with van der Waals surface area (Å²) in [6.45, 7) is 11.0. The second kappa shape index (κ2) is 6.25. The molecule has 0 aliphatic heterocycles. The first-order valence-electron chi connectivity index (χ1n) is 6.52. The van der Waals surface area contributed by atoms with Crippen LogP contribution in [-0.4, -0.2) is 22.6 Å². The Hall–Kier alpha value is -1.00. The van der Waals surface area contributed by atoms with Gasteiger partial charge in [-0.15, -0.1) is 0 Å². The van der Waals surface area contributed by atoms with E-state index >= 15 is 0 Å². The van der Waals surface area contributed by atoms with Crippen molar-refractivity contribution in [2.24, 2.45) is 11.1 Å². The van der Waals surface area contributed by atoms with E-state index in [-0.39, 0.29) is 17.6 Å². The minimum Gasteiger partial charge on any atom is -0.370 e.